The number of carbonyl (C=O) groups is 3. The van der Waals surface area contributed by atoms with E-state index in [1.54, 1.807) is 31.2 Å². The van der Waals surface area contributed by atoms with Gasteiger partial charge in [0.2, 0.25) is 21.8 Å². The van der Waals surface area contributed by atoms with E-state index in [1.165, 1.54) is 31.2 Å². The number of amides is 3. The predicted octanol–water partition coefficient (Wildman–Crippen LogP) is 1.70. The Morgan fingerprint density at radius 1 is 0.833 bits per heavy atom. The molecular weight excluding hydrogens is 408 g/mol. The number of sulfonamides is 1. The maximum atomic E-state index is 12.3. The van der Waals surface area contributed by atoms with Gasteiger partial charge >= 0.3 is 0 Å². The summed E-state index contributed by atoms with van der Waals surface area (Å²) in [7, 11) is -3.75. The van der Waals surface area contributed by atoms with E-state index in [1.807, 2.05) is 0 Å². The van der Waals surface area contributed by atoms with Gasteiger partial charge in [0.05, 0.1) is 4.90 Å². The van der Waals surface area contributed by atoms with Crippen LogP contribution < -0.4 is 20.7 Å². The molecule has 10 heteroatoms. The highest BCUT2D eigenvalue weighted by Crippen LogP contribution is 2.14. The van der Waals surface area contributed by atoms with Crippen LogP contribution in [-0.4, -0.2) is 39.2 Å². The van der Waals surface area contributed by atoms with E-state index in [9.17, 15) is 22.8 Å². The van der Waals surface area contributed by atoms with Gasteiger partial charge in [-0.2, -0.15) is 0 Å². The summed E-state index contributed by atoms with van der Waals surface area (Å²) in [5.74, 6) is -0.733. The van der Waals surface area contributed by atoms with Crippen LogP contribution in [0.4, 0.5) is 11.4 Å². The third-order valence-corrected chi connectivity index (χ3v) is 5.42. The first-order valence-corrected chi connectivity index (χ1v) is 10.7. The molecule has 30 heavy (non-hydrogen) atoms. The number of nitrogens with one attached hydrogen (secondary N) is 4. The molecule has 2 rings (SSSR count). The number of carbonyl (C=O) groups excluding carboxylic acids is 3. The summed E-state index contributed by atoms with van der Waals surface area (Å²) < 4.78 is 27.0. The molecule has 0 radical (unpaired) electrons. The average molecular weight is 433 g/mol. The lowest BCUT2D eigenvalue weighted by atomic mass is 10.2. The van der Waals surface area contributed by atoms with Crippen molar-refractivity contribution in [1.29, 1.82) is 0 Å². The molecule has 0 saturated carbocycles. The summed E-state index contributed by atoms with van der Waals surface area (Å²) in [5, 5.41) is 7.86. The van der Waals surface area contributed by atoms with Gasteiger partial charge in [0.25, 0.3) is 5.91 Å². The van der Waals surface area contributed by atoms with Crippen molar-refractivity contribution in [3.05, 3.63) is 54.1 Å². The highest BCUT2D eigenvalue weighted by molar-refractivity contribution is 7.89. The second-order valence-corrected chi connectivity index (χ2v) is 8.11. The van der Waals surface area contributed by atoms with Crippen LogP contribution in [0.25, 0.3) is 0 Å². The molecule has 0 spiro atoms. The number of hydrogen-bond donors (Lipinski definition) is 4. The van der Waals surface area contributed by atoms with E-state index in [0.29, 0.717) is 23.4 Å². The molecule has 0 fully saturated rings. The number of rotatable bonds is 9. The predicted molar refractivity (Wildman–Crippen MR) is 114 cm³/mol. The summed E-state index contributed by atoms with van der Waals surface area (Å²) in [6.45, 7) is 3.21. The molecule has 3 amide bonds. The van der Waals surface area contributed by atoms with Gasteiger partial charge in [-0.3, -0.25) is 14.4 Å². The van der Waals surface area contributed by atoms with Crippen molar-refractivity contribution in [3.63, 3.8) is 0 Å². The molecule has 0 bridgehead atoms. The van der Waals surface area contributed by atoms with Gasteiger partial charge in [0.15, 0.2) is 0 Å². The van der Waals surface area contributed by atoms with Crippen molar-refractivity contribution < 1.29 is 22.8 Å². The Balaban J connectivity index is 1.83. The molecule has 2 aromatic carbocycles. The second kappa shape index (κ2) is 10.5. The van der Waals surface area contributed by atoms with Crippen molar-refractivity contribution in [2.24, 2.45) is 0 Å². The van der Waals surface area contributed by atoms with Gasteiger partial charge in [-0.15, -0.1) is 0 Å². The molecule has 2 aromatic rings. The molecule has 0 aliphatic carbocycles. The lowest BCUT2D eigenvalue weighted by molar-refractivity contribution is -0.116. The van der Waals surface area contributed by atoms with Crippen LogP contribution in [0.1, 0.15) is 30.6 Å². The molecule has 0 atom stereocenters. The maximum absolute atomic E-state index is 12.3. The van der Waals surface area contributed by atoms with E-state index in [4.69, 9.17) is 0 Å². The Hall–Kier alpha value is -3.24. The monoisotopic (exact) mass is 432 g/mol. The zero-order valence-electron chi connectivity index (χ0n) is 16.7. The fourth-order valence-electron chi connectivity index (χ4n) is 2.42. The smallest absolute Gasteiger partial charge is 0.251 e. The van der Waals surface area contributed by atoms with E-state index in [0.717, 1.165) is 0 Å². The molecular formula is C20H24N4O5S. The minimum atomic E-state index is -3.75. The highest BCUT2D eigenvalue weighted by Gasteiger charge is 2.14. The molecule has 0 aliphatic heterocycles. The van der Waals surface area contributed by atoms with Crippen LogP contribution in [0.3, 0.4) is 0 Å². The van der Waals surface area contributed by atoms with Crippen molar-refractivity contribution >= 4 is 39.1 Å². The average Bonchev–Trinajstić information content (AvgIpc) is 2.71. The highest BCUT2D eigenvalue weighted by atomic mass is 32.2. The molecule has 0 saturated heterocycles. The first-order chi connectivity index (χ1) is 14.2. The molecule has 9 nitrogen and oxygen atoms in total. The quantitative estimate of drug-likeness (QED) is 0.448. The van der Waals surface area contributed by atoms with Crippen LogP contribution >= 0.6 is 0 Å². The SMILES string of the molecule is CCC(=O)Nc1ccc(S(=O)(=O)NCCNC(=O)c2ccc(NC(C)=O)cc2)cc1. The molecule has 160 valence electrons. The zero-order valence-corrected chi connectivity index (χ0v) is 17.5. The summed E-state index contributed by atoms with van der Waals surface area (Å²) in [5.41, 5.74) is 1.47. The third kappa shape index (κ3) is 6.98. The molecule has 0 unspecified atom stereocenters. The van der Waals surface area contributed by atoms with Crippen molar-refractivity contribution in [3.8, 4) is 0 Å². The van der Waals surface area contributed by atoms with Gasteiger partial charge < -0.3 is 16.0 Å². The fraction of sp³-hybridized carbons (Fsp3) is 0.250. The lowest BCUT2D eigenvalue weighted by Crippen LogP contribution is -2.34. The van der Waals surface area contributed by atoms with Crippen molar-refractivity contribution in [2.75, 3.05) is 23.7 Å². The number of anilines is 2. The maximum Gasteiger partial charge on any atom is 0.251 e. The van der Waals surface area contributed by atoms with Gasteiger partial charge in [0.1, 0.15) is 0 Å². The van der Waals surface area contributed by atoms with Crippen LogP contribution in [0.15, 0.2) is 53.4 Å². The Bertz CT molecular complexity index is 1000. The molecule has 4 N–H and O–H groups in total. The van der Waals surface area contributed by atoms with Gasteiger partial charge in [0, 0.05) is 43.4 Å². The largest absolute Gasteiger partial charge is 0.351 e. The third-order valence-electron chi connectivity index (χ3n) is 3.94. The standard InChI is InChI=1S/C20H24N4O5S/c1-3-19(26)24-17-8-10-18(11-9-17)30(28,29)22-13-12-21-20(27)15-4-6-16(7-5-15)23-14(2)25/h4-11,22H,3,12-13H2,1-2H3,(H,21,27)(H,23,25)(H,24,26). The van der Waals surface area contributed by atoms with Crippen LogP contribution in [0.2, 0.25) is 0 Å². The minimum absolute atomic E-state index is 0.00632. The summed E-state index contributed by atoms with van der Waals surface area (Å²) >= 11 is 0. The van der Waals surface area contributed by atoms with Gasteiger partial charge in [-0.25, -0.2) is 13.1 Å². The summed E-state index contributed by atoms with van der Waals surface area (Å²) in [4.78, 5) is 34.5. The van der Waals surface area contributed by atoms with Crippen molar-refractivity contribution in [2.45, 2.75) is 25.2 Å². The number of hydrogen-bond acceptors (Lipinski definition) is 5. The zero-order chi connectivity index (χ0) is 22.1. The molecule has 0 aliphatic rings. The van der Waals surface area contributed by atoms with Crippen LogP contribution in [0, 0.1) is 0 Å². The summed E-state index contributed by atoms with van der Waals surface area (Å²) in [6, 6.07) is 12.1. The van der Waals surface area contributed by atoms with E-state index in [-0.39, 0.29) is 35.7 Å². The topological polar surface area (TPSA) is 133 Å². The lowest BCUT2D eigenvalue weighted by Gasteiger charge is -2.09. The Kier molecular flexibility index (Phi) is 8.07. The molecule has 0 aromatic heterocycles. The fourth-order valence-corrected chi connectivity index (χ4v) is 3.45. The minimum Gasteiger partial charge on any atom is -0.351 e. The second-order valence-electron chi connectivity index (χ2n) is 6.34. The Labute approximate surface area is 175 Å². The van der Waals surface area contributed by atoms with E-state index in [2.05, 4.69) is 20.7 Å². The molecule has 0 heterocycles. The van der Waals surface area contributed by atoms with Crippen LogP contribution in [0.5, 0.6) is 0 Å². The van der Waals surface area contributed by atoms with Crippen LogP contribution in [-0.2, 0) is 19.6 Å². The first kappa shape index (κ1) is 23.0. The Morgan fingerprint density at radius 3 is 1.97 bits per heavy atom. The van der Waals surface area contributed by atoms with E-state index >= 15 is 0 Å². The first-order valence-electron chi connectivity index (χ1n) is 9.26. The van der Waals surface area contributed by atoms with Gasteiger partial charge in [-0.05, 0) is 48.5 Å². The normalized spacial score (nSPS) is 10.9. The van der Waals surface area contributed by atoms with Crippen molar-refractivity contribution in [1.82, 2.24) is 10.0 Å². The Morgan fingerprint density at radius 2 is 1.40 bits per heavy atom. The van der Waals surface area contributed by atoms with Gasteiger partial charge in [-0.1, -0.05) is 6.92 Å². The summed E-state index contributed by atoms with van der Waals surface area (Å²) in [6.07, 6.45) is 0.326. The number of benzene rings is 2. The van der Waals surface area contributed by atoms with E-state index < -0.39 is 10.0 Å².